The van der Waals surface area contributed by atoms with Gasteiger partial charge in [0.05, 0.1) is 34.3 Å². The van der Waals surface area contributed by atoms with Gasteiger partial charge in [0.15, 0.2) is 6.10 Å². The molecule has 2 heterocycles. The average Bonchev–Trinajstić information content (AvgIpc) is 3.26. The zero-order valence-electron chi connectivity index (χ0n) is 22.7. The number of hydrogen-bond acceptors (Lipinski definition) is 6. The molecular weight excluding hydrogens is 516 g/mol. The van der Waals surface area contributed by atoms with E-state index in [0.717, 1.165) is 5.56 Å². The van der Waals surface area contributed by atoms with Crippen molar-refractivity contribution in [2.24, 2.45) is 11.8 Å². The van der Waals surface area contributed by atoms with Crippen molar-refractivity contribution in [3.8, 4) is 11.3 Å². The fraction of sp³-hybridized carbons (Fsp3) is 0.206. The molecule has 2 aliphatic rings. The molecule has 1 aliphatic heterocycles. The maximum Gasteiger partial charge on any atom is 0.339 e. The largest absolute Gasteiger partial charge is 0.451 e. The number of esters is 1. The Bertz CT molecular complexity index is 1700. The lowest BCUT2D eigenvalue weighted by Gasteiger charge is -2.16. The first-order valence-corrected chi connectivity index (χ1v) is 13.7. The van der Waals surface area contributed by atoms with Crippen LogP contribution in [0.4, 0.5) is 5.69 Å². The van der Waals surface area contributed by atoms with Crippen LogP contribution in [-0.2, 0) is 14.3 Å². The molecule has 3 aromatic carbocycles. The third-order valence-corrected chi connectivity index (χ3v) is 7.82. The van der Waals surface area contributed by atoms with Crippen molar-refractivity contribution in [3.63, 3.8) is 0 Å². The Labute approximate surface area is 237 Å². The number of rotatable bonds is 6. The van der Waals surface area contributed by atoms with Gasteiger partial charge < -0.3 is 4.74 Å². The molecule has 1 aliphatic carbocycles. The molecule has 0 N–H and O–H groups in total. The van der Waals surface area contributed by atoms with Gasteiger partial charge in [0, 0.05) is 16.5 Å². The Morgan fingerprint density at radius 1 is 0.878 bits per heavy atom. The van der Waals surface area contributed by atoms with E-state index in [1.165, 1.54) is 4.90 Å². The number of fused-ring (bicyclic) bond motifs is 2. The molecule has 2 amide bonds. The van der Waals surface area contributed by atoms with Crippen LogP contribution in [0, 0.1) is 18.8 Å². The summed E-state index contributed by atoms with van der Waals surface area (Å²) < 4.78 is 5.65. The van der Waals surface area contributed by atoms with Gasteiger partial charge in [-0.3, -0.25) is 19.3 Å². The molecule has 0 radical (unpaired) electrons. The second-order valence-electron chi connectivity index (χ2n) is 10.6. The fourth-order valence-corrected chi connectivity index (χ4v) is 5.61. The first kappa shape index (κ1) is 26.3. The number of aromatic nitrogens is 1. The Balaban J connectivity index is 1.31. The summed E-state index contributed by atoms with van der Waals surface area (Å²) >= 11 is 0. The number of ether oxygens (including phenoxy) is 1. The van der Waals surface area contributed by atoms with E-state index in [1.54, 1.807) is 61.5 Å². The molecule has 1 aromatic heterocycles. The van der Waals surface area contributed by atoms with Crippen LogP contribution in [0.5, 0.6) is 0 Å². The van der Waals surface area contributed by atoms with Crippen LogP contribution < -0.4 is 4.90 Å². The molecule has 1 fully saturated rings. The van der Waals surface area contributed by atoms with Crippen LogP contribution in [0.3, 0.4) is 0 Å². The first-order valence-electron chi connectivity index (χ1n) is 13.7. The van der Waals surface area contributed by atoms with Gasteiger partial charge in [-0.25, -0.2) is 9.78 Å². The number of pyridine rings is 1. The van der Waals surface area contributed by atoms with E-state index in [1.807, 2.05) is 43.3 Å². The first-order chi connectivity index (χ1) is 19.8. The highest BCUT2D eigenvalue weighted by atomic mass is 16.5. The number of imide groups is 1. The summed E-state index contributed by atoms with van der Waals surface area (Å²) in [6.07, 6.45) is 4.12. The van der Waals surface area contributed by atoms with Gasteiger partial charge in [-0.05, 0) is 57.0 Å². The van der Waals surface area contributed by atoms with Crippen molar-refractivity contribution >= 4 is 40.2 Å². The highest BCUT2D eigenvalue weighted by Gasteiger charge is 2.47. The molecular formula is C34H28N2O5. The van der Waals surface area contributed by atoms with Crippen LogP contribution in [0.25, 0.3) is 22.2 Å². The lowest BCUT2D eigenvalue weighted by Crippen LogP contribution is -2.30. The summed E-state index contributed by atoms with van der Waals surface area (Å²) in [5, 5.41) is 0.624. The Hall–Kier alpha value is -4.91. The highest BCUT2D eigenvalue weighted by molar-refractivity contribution is 6.22. The molecule has 6 rings (SSSR count). The zero-order valence-corrected chi connectivity index (χ0v) is 22.7. The number of benzene rings is 3. The Kier molecular flexibility index (Phi) is 6.79. The number of allylic oxidation sites excluding steroid dienone is 2. The molecule has 0 saturated carbocycles. The smallest absolute Gasteiger partial charge is 0.339 e. The second kappa shape index (κ2) is 10.6. The number of carbonyl (C=O) groups excluding carboxylic acids is 4. The summed E-state index contributed by atoms with van der Waals surface area (Å²) in [7, 11) is 0. The normalized spacial score (nSPS) is 18.8. The van der Waals surface area contributed by atoms with Crippen LogP contribution in [0.15, 0.2) is 91.0 Å². The number of anilines is 1. The topological polar surface area (TPSA) is 93.6 Å². The van der Waals surface area contributed by atoms with Crippen LogP contribution in [0.1, 0.15) is 46.0 Å². The van der Waals surface area contributed by atoms with Gasteiger partial charge in [0.2, 0.25) is 17.6 Å². The average molecular weight is 545 g/mol. The van der Waals surface area contributed by atoms with Crippen molar-refractivity contribution in [2.45, 2.75) is 32.8 Å². The van der Waals surface area contributed by atoms with Gasteiger partial charge in [-0.1, -0.05) is 66.2 Å². The molecule has 1 saturated heterocycles. The Morgan fingerprint density at radius 2 is 1.54 bits per heavy atom. The summed E-state index contributed by atoms with van der Waals surface area (Å²) in [6.45, 7) is 3.49. The molecule has 204 valence electrons. The van der Waals surface area contributed by atoms with Crippen molar-refractivity contribution in [2.75, 3.05) is 4.90 Å². The minimum absolute atomic E-state index is 0.166. The molecule has 0 spiro atoms. The lowest BCUT2D eigenvalue weighted by atomic mass is 9.85. The van der Waals surface area contributed by atoms with Gasteiger partial charge in [-0.15, -0.1) is 0 Å². The molecule has 7 nitrogen and oxygen atoms in total. The van der Waals surface area contributed by atoms with Crippen molar-refractivity contribution in [1.82, 2.24) is 4.98 Å². The van der Waals surface area contributed by atoms with Crippen LogP contribution in [-0.4, -0.2) is 34.7 Å². The standard InChI is InChI=1S/C34H28N2O5/c1-20-12-17-29-27(18-20)28(34(40)41-21(2)31(37)23-8-4-3-5-9-23)19-30(35-29)22-13-15-24(16-14-22)36-32(38)25-10-6-7-11-26(25)33(36)39/h3-9,12-19,21,25-26H,10-11H2,1-2H3/t21-,25-,26-/m1/s1. The predicted octanol–water partition coefficient (Wildman–Crippen LogP) is 6.09. The van der Waals surface area contributed by atoms with E-state index >= 15 is 0 Å². The zero-order chi connectivity index (χ0) is 28.7. The number of amides is 2. The monoisotopic (exact) mass is 544 g/mol. The maximum atomic E-state index is 13.4. The molecule has 41 heavy (non-hydrogen) atoms. The lowest BCUT2D eigenvalue weighted by molar-refractivity contribution is -0.122. The summed E-state index contributed by atoms with van der Waals surface area (Å²) in [4.78, 5) is 58.4. The van der Waals surface area contributed by atoms with E-state index in [-0.39, 0.29) is 29.4 Å². The minimum Gasteiger partial charge on any atom is -0.451 e. The number of Topliss-reactive ketones (excluding diaryl/α,β-unsaturated/α-hetero) is 1. The van der Waals surface area contributed by atoms with Gasteiger partial charge >= 0.3 is 5.97 Å². The van der Waals surface area contributed by atoms with E-state index in [0.29, 0.717) is 51.8 Å². The van der Waals surface area contributed by atoms with E-state index in [9.17, 15) is 19.2 Å². The predicted molar refractivity (Wildman–Crippen MR) is 155 cm³/mol. The van der Waals surface area contributed by atoms with Gasteiger partial charge in [-0.2, -0.15) is 0 Å². The van der Waals surface area contributed by atoms with Crippen LogP contribution in [0.2, 0.25) is 0 Å². The third kappa shape index (κ3) is 4.84. The SMILES string of the molecule is Cc1ccc2nc(-c3ccc(N4C(=O)[C@@H]5CC=CC[C@H]5C4=O)cc3)cc(C(=O)O[C@H](C)C(=O)c3ccccc3)c2c1. The van der Waals surface area contributed by atoms with Crippen LogP contribution >= 0.6 is 0 Å². The van der Waals surface area contributed by atoms with Crippen molar-refractivity contribution < 1.29 is 23.9 Å². The molecule has 0 unspecified atom stereocenters. The Morgan fingerprint density at radius 3 is 2.20 bits per heavy atom. The summed E-state index contributed by atoms with van der Waals surface area (Å²) in [5.41, 5.74) is 4.07. The third-order valence-electron chi connectivity index (χ3n) is 7.82. The molecule has 0 bridgehead atoms. The fourth-order valence-electron chi connectivity index (χ4n) is 5.61. The van der Waals surface area contributed by atoms with E-state index in [4.69, 9.17) is 9.72 Å². The highest BCUT2D eigenvalue weighted by Crippen LogP contribution is 2.38. The van der Waals surface area contributed by atoms with E-state index in [2.05, 4.69) is 0 Å². The number of ketones is 1. The van der Waals surface area contributed by atoms with Gasteiger partial charge in [0.25, 0.3) is 0 Å². The number of nitrogens with zero attached hydrogens (tertiary/aromatic N) is 2. The number of carbonyl (C=O) groups is 4. The summed E-state index contributed by atoms with van der Waals surface area (Å²) in [5.74, 6) is -1.85. The minimum atomic E-state index is -0.977. The molecule has 7 heteroatoms. The maximum absolute atomic E-state index is 13.4. The molecule has 4 aromatic rings. The summed E-state index contributed by atoms with van der Waals surface area (Å²) in [6, 6.07) is 23.0. The van der Waals surface area contributed by atoms with Crippen molar-refractivity contribution in [3.05, 3.63) is 108 Å². The quantitative estimate of drug-likeness (QED) is 0.126. The number of hydrogen-bond donors (Lipinski definition) is 0. The number of aryl methyl sites for hydroxylation is 1. The second-order valence-corrected chi connectivity index (χ2v) is 10.6. The van der Waals surface area contributed by atoms with E-state index < -0.39 is 12.1 Å². The van der Waals surface area contributed by atoms with Gasteiger partial charge in [0.1, 0.15) is 0 Å². The molecule has 3 atom stereocenters. The van der Waals surface area contributed by atoms with Crippen molar-refractivity contribution in [1.29, 1.82) is 0 Å².